The van der Waals surface area contributed by atoms with E-state index in [0.717, 1.165) is 44.7 Å². The average Bonchev–Trinajstić information content (AvgIpc) is 3.42. The third kappa shape index (κ3) is 5.74. The molecule has 1 aliphatic carbocycles. The first-order valence-corrected chi connectivity index (χ1v) is 11.2. The summed E-state index contributed by atoms with van der Waals surface area (Å²) in [6, 6.07) is 7.63. The Balaban J connectivity index is 1.59. The highest BCUT2D eigenvalue weighted by Crippen LogP contribution is 2.23. The van der Waals surface area contributed by atoms with Crippen molar-refractivity contribution in [2.75, 3.05) is 61.8 Å². The minimum Gasteiger partial charge on any atom is -0.369 e. The number of anilines is 2. The van der Waals surface area contributed by atoms with Crippen LogP contribution >= 0.6 is 0 Å². The minimum absolute atomic E-state index is 0.199. The van der Waals surface area contributed by atoms with Gasteiger partial charge in [0.2, 0.25) is 10.0 Å². The molecule has 150 valence electrons. The van der Waals surface area contributed by atoms with Gasteiger partial charge in [-0.15, -0.1) is 0 Å². The molecule has 1 heterocycles. The first-order chi connectivity index (χ1) is 12.8. The lowest BCUT2D eigenvalue weighted by Crippen LogP contribution is -2.44. The Morgan fingerprint density at radius 3 is 2.33 bits per heavy atom. The molecule has 0 atom stereocenters. The van der Waals surface area contributed by atoms with Gasteiger partial charge >= 0.3 is 6.03 Å². The molecule has 1 aliphatic heterocycles. The van der Waals surface area contributed by atoms with E-state index in [0.29, 0.717) is 5.69 Å². The van der Waals surface area contributed by atoms with Gasteiger partial charge in [0.05, 0.1) is 18.5 Å². The number of carbonyl (C=O) groups is 1. The normalized spacial score (nSPS) is 18.2. The summed E-state index contributed by atoms with van der Waals surface area (Å²) < 4.78 is 25.7. The van der Waals surface area contributed by atoms with Crippen LogP contribution in [0.5, 0.6) is 0 Å². The highest BCUT2D eigenvalue weighted by Gasteiger charge is 2.23. The zero-order chi connectivity index (χ0) is 19.4. The first-order valence-electron chi connectivity index (χ1n) is 9.38. The molecular formula is C18H29N5O3S. The summed E-state index contributed by atoms with van der Waals surface area (Å²) in [7, 11) is -1.32. The number of piperazine rings is 1. The van der Waals surface area contributed by atoms with Gasteiger partial charge in [-0.25, -0.2) is 13.2 Å². The summed E-state index contributed by atoms with van der Waals surface area (Å²) >= 11 is 0. The van der Waals surface area contributed by atoms with Crippen LogP contribution in [0.3, 0.4) is 0 Å². The van der Waals surface area contributed by atoms with Crippen LogP contribution < -0.4 is 19.8 Å². The fourth-order valence-electron chi connectivity index (χ4n) is 3.12. The molecule has 2 fully saturated rings. The van der Waals surface area contributed by atoms with Gasteiger partial charge in [-0.1, -0.05) is 0 Å². The molecular weight excluding hydrogens is 366 g/mol. The van der Waals surface area contributed by atoms with Crippen molar-refractivity contribution >= 4 is 27.4 Å². The largest absolute Gasteiger partial charge is 0.369 e. The van der Waals surface area contributed by atoms with Crippen molar-refractivity contribution in [2.24, 2.45) is 0 Å². The van der Waals surface area contributed by atoms with Gasteiger partial charge in [0.1, 0.15) is 0 Å². The molecule has 0 spiro atoms. The second-order valence-corrected chi connectivity index (χ2v) is 9.22. The van der Waals surface area contributed by atoms with Gasteiger partial charge in [0.25, 0.3) is 0 Å². The molecule has 0 unspecified atom stereocenters. The quantitative estimate of drug-likeness (QED) is 0.709. The predicted molar refractivity (Wildman–Crippen MR) is 108 cm³/mol. The number of urea groups is 1. The van der Waals surface area contributed by atoms with Gasteiger partial charge in [-0.3, -0.25) is 4.31 Å². The second kappa shape index (κ2) is 8.35. The van der Waals surface area contributed by atoms with Crippen LogP contribution in [0.25, 0.3) is 0 Å². The molecule has 0 radical (unpaired) electrons. The predicted octanol–water partition coefficient (Wildman–Crippen LogP) is 0.666. The standard InChI is InChI=1S/C18H29N5O3S/c1-21-11-13-22(14-12-21)16-5-7-17(8-6-16)23(27(2,25)26)10-9-19-18(24)20-15-3-4-15/h5-8,15H,3-4,9-14H2,1-2H3,(H2,19,20,24). The summed E-state index contributed by atoms with van der Waals surface area (Å²) in [4.78, 5) is 16.3. The molecule has 1 saturated heterocycles. The van der Waals surface area contributed by atoms with Crippen LogP contribution in [0.15, 0.2) is 24.3 Å². The SMILES string of the molecule is CN1CCN(c2ccc(N(CCNC(=O)NC3CC3)S(C)(=O)=O)cc2)CC1. The Labute approximate surface area is 161 Å². The molecule has 9 heteroatoms. The zero-order valence-corrected chi connectivity index (χ0v) is 16.8. The van der Waals surface area contributed by atoms with Crippen molar-refractivity contribution in [1.29, 1.82) is 0 Å². The van der Waals surface area contributed by atoms with Crippen molar-refractivity contribution in [3.63, 3.8) is 0 Å². The van der Waals surface area contributed by atoms with Crippen LogP contribution in [-0.4, -0.2) is 78.0 Å². The minimum atomic E-state index is -3.43. The molecule has 8 nitrogen and oxygen atoms in total. The monoisotopic (exact) mass is 395 g/mol. The topological polar surface area (TPSA) is 85.0 Å². The number of nitrogens with one attached hydrogen (secondary N) is 2. The highest BCUT2D eigenvalue weighted by molar-refractivity contribution is 7.92. The van der Waals surface area contributed by atoms with Gasteiger partial charge in [-0.05, 0) is 44.2 Å². The number of hydrogen-bond donors (Lipinski definition) is 2. The smallest absolute Gasteiger partial charge is 0.315 e. The summed E-state index contributed by atoms with van der Waals surface area (Å²) in [6.07, 6.45) is 3.22. The number of hydrogen-bond acceptors (Lipinski definition) is 5. The lowest BCUT2D eigenvalue weighted by Gasteiger charge is -2.34. The number of benzene rings is 1. The Morgan fingerprint density at radius 1 is 1.15 bits per heavy atom. The van der Waals surface area contributed by atoms with Crippen molar-refractivity contribution in [1.82, 2.24) is 15.5 Å². The van der Waals surface area contributed by atoms with Crippen LogP contribution in [-0.2, 0) is 10.0 Å². The third-order valence-electron chi connectivity index (χ3n) is 4.92. The van der Waals surface area contributed by atoms with E-state index in [-0.39, 0.29) is 25.2 Å². The van der Waals surface area contributed by atoms with Gasteiger partial charge in [0, 0.05) is 44.5 Å². The molecule has 0 aromatic heterocycles. The Bertz CT molecular complexity index is 741. The molecule has 2 aliphatic rings. The number of nitrogens with zero attached hydrogens (tertiary/aromatic N) is 3. The van der Waals surface area contributed by atoms with Crippen molar-refractivity contribution in [2.45, 2.75) is 18.9 Å². The van der Waals surface area contributed by atoms with E-state index in [1.54, 1.807) is 0 Å². The van der Waals surface area contributed by atoms with Crippen molar-refractivity contribution < 1.29 is 13.2 Å². The van der Waals surface area contributed by atoms with E-state index in [2.05, 4.69) is 27.5 Å². The molecule has 27 heavy (non-hydrogen) atoms. The van der Waals surface area contributed by atoms with Crippen LogP contribution in [0.2, 0.25) is 0 Å². The van der Waals surface area contributed by atoms with Crippen LogP contribution in [0.4, 0.5) is 16.2 Å². The lowest BCUT2D eigenvalue weighted by atomic mass is 10.2. The average molecular weight is 396 g/mol. The maximum atomic E-state index is 12.2. The van der Waals surface area contributed by atoms with E-state index in [1.165, 1.54) is 10.6 Å². The zero-order valence-electron chi connectivity index (χ0n) is 16.0. The van der Waals surface area contributed by atoms with E-state index in [1.807, 2.05) is 24.3 Å². The van der Waals surface area contributed by atoms with E-state index in [9.17, 15) is 13.2 Å². The maximum Gasteiger partial charge on any atom is 0.315 e. The Kier molecular flexibility index (Phi) is 6.11. The molecule has 1 aromatic rings. The van der Waals surface area contributed by atoms with Crippen molar-refractivity contribution in [3.05, 3.63) is 24.3 Å². The highest BCUT2D eigenvalue weighted by atomic mass is 32.2. The molecule has 1 saturated carbocycles. The van der Waals surface area contributed by atoms with Crippen LogP contribution in [0.1, 0.15) is 12.8 Å². The summed E-state index contributed by atoms with van der Waals surface area (Å²) in [5.74, 6) is 0. The van der Waals surface area contributed by atoms with Gasteiger partial charge in [-0.2, -0.15) is 0 Å². The summed E-state index contributed by atoms with van der Waals surface area (Å²) in [5, 5.41) is 5.55. The fraction of sp³-hybridized carbons (Fsp3) is 0.611. The number of carbonyl (C=O) groups excluding carboxylic acids is 1. The maximum absolute atomic E-state index is 12.2. The molecule has 2 amide bonds. The number of sulfonamides is 1. The van der Waals surface area contributed by atoms with E-state index in [4.69, 9.17) is 0 Å². The summed E-state index contributed by atoms with van der Waals surface area (Å²) in [5.41, 5.74) is 1.71. The van der Waals surface area contributed by atoms with Crippen LogP contribution in [0, 0.1) is 0 Å². The Hall–Kier alpha value is -2.00. The summed E-state index contributed by atoms with van der Waals surface area (Å²) in [6.45, 7) is 4.42. The molecule has 3 rings (SSSR count). The number of likely N-dealkylation sites (N-methyl/N-ethyl adjacent to an activating group) is 1. The van der Waals surface area contributed by atoms with Gasteiger partial charge in [0.15, 0.2) is 0 Å². The lowest BCUT2D eigenvalue weighted by molar-refractivity contribution is 0.241. The number of amides is 2. The van der Waals surface area contributed by atoms with Crippen molar-refractivity contribution in [3.8, 4) is 0 Å². The van der Waals surface area contributed by atoms with Gasteiger partial charge < -0.3 is 20.4 Å². The first kappa shape index (κ1) is 19.8. The second-order valence-electron chi connectivity index (χ2n) is 7.32. The Morgan fingerprint density at radius 2 is 1.78 bits per heavy atom. The third-order valence-corrected chi connectivity index (χ3v) is 6.11. The molecule has 2 N–H and O–H groups in total. The number of rotatable bonds is 7. The molecule has 0 bridgehead atoms. The van der Waals surface area contributed by atoms with E-state index < -0.39 is 10.0 Å². The molecule has 1 aromatic carbocycles. The fourth-order valence-corrected chi connectivity index (χ4v) is 4.04. The van der Waals surface area contributed by atoms with E-state index >= 15 is 0 Å².